The Hall–Kier alpha value is -2.06. The molecule has 8 heteroatoms. The lowest BCUT2D eigenvalue weighted by atomic mass is 9.97. The Kier molecular flexibility index (Phi) is 5.24. The highest BCUT2D eigenvalue weighted by Crippen LogP contribution is 2.21. The Morgan fingerprint density at radius 3 is 2.50 bits per heavy atom. The van der Waals surface area contributed by atoms with Crippen LogP contribution in [-0.2, 0) is 12.0 Å². The number of piperazine rings is 1. The molecule has 0 bridgehead atoms. The first-order valence-electron chi connectivity index (χ1n) is 9.10. The van der Waals surface area contributed by atoms with E-state index < -0.39 is 0 Å². The summed E-state index contributed by atoms with van der Waals surface area (Å²) in [5.74, 6) is 2.15. The number of nitrogens with zero attached hydrogens (tertiary/aromatic N) is 5. The van der Waals surface area contributed by atoms with Crippen molar-refractivity contribution in [3.8, 4) is 0 Å². The highest BCUT2D eigenvalue weighted by atomic mass is 16.5. The topological polar surface area (TPSA) is 91.2 Å². The second-order valence-corrected chi connectivity index (χ2v) is 8.03. The van der Waals surface area contributed by atoms with E-state index >= 15 is 0 Å². The number of aryl methyl sites for hydroxylation is 1. The van der Waals surface area contributed by atoms with E-state index in [1.54, 1.807) is 0 Å². The zero-order chi connectivity index (χ0) is 18.9. The molecule has 26 heavy (non-hydrogen) atoms. The smallest absolute Gasteiger partial charge is 0.251 e. The molecule has 1 N–H and O–H groups in total. The van der Waals surface area contributed by atoms with E-state index in [1.165, 1.54) is 6.07 Å². The second-order valence-electron chi connectivity index (χ2n) is 8.03. The van der Waals surface area contributed by atoms with Crippen molar-refractivity contribution >= 4 is 0 Å². The normalized spacial score (nSPS) is 18.2. The average Bonchev–Trinajstić information content (AvgIpc) is 3.03. The van der Waals surface area contributed by atoms with Gasteiger partial charge in [-0.25, -0.2) is 4.98 Å². The largest absolute Gasteiger partial charge is 0.339 e. The molecule has 2 aromatic heterocycles. The fourth-order valence-electron chi connectivity index (χ4n) is 3.10. The minimum absolute atomic E-state index is 0.0856. The van der Waals surface area contributed by atoms with Crippen LogP contribution in [-0.4, -0.2) is 56.1 Å². The number of hydrogen-bond donors (Lipinski definition) is 1. The van der Waals surface area contributed by atoms with Gasteiger partial charge in [-0.15, -0.1) is 0 Å². The number of aromatic amines is 1. The Bertz CT molecular complexity index is 798. The van der Waals surface area contributed by atoms with Gasteiger partial charge in [0.2, 0.25) is 5.89 Å². The number of hydrogen-bond acceptors (Lipinski definition) is 7. The van der Waals surface area contributed by atoms with Gasteiger partial charge in [-0.3, -0.25) is 14.6 Å². The number of nitrogens with one attached hydrogen (secondary N) is 1. The van der Waals surface area contributed by atoms with E-state index in [-0.39, 0.29) is 17.0 Å². The zero-order valence-electron chi connectivity index (χ0n) is 16.2. The van der Waals surface area contributed by atoms with Crippen LogP contribution >= 0.6 is 0 Å². The number of aromatic nitrogens is 4. The molecule has 1 aliphatic heterocycles. The Balaban J connectivity index is 1.57. The van der Waals surface area contributed by atoms with Crippen LogP contribution in [0.25, 0.3) is 0 Å². The average molecular weight is 360 g/mol. The Labute approximate surface area is 153 Å². The second kappa shape index (κ2) is 7.28. The van der Waals surface area contributed by atoms with Crippen molar-refractivity contribution in [3.63, 3.8) is 0 Å². The van der Waals surface area contributed by atoms with Crippen LogP contribution in [0, 0.1) is 6.92 Å². The van der Waals surface area contributed by atoms with Crippen molar-refractivity contribution < 1.29 is 4.52 Å². The summed E-state index contributed by atoms with van der Waals surface area (Å²) in [4.78, 5) is 28.2. The highest BCUT2D eigenvalue weighted by Gasteiger charge is 2.26. The van der Waals surface area contributed by atoms with Gasteiger partial charge < -0.3 is 9.51 Å². The van der Waals surface area contributed by atoms with Crippen LogP contribution in [0.2, 0.25) is 0 Å². The predicted octanol–water partition coefficient (Wildman–Crippen LogP) is 1.64. The fraction of sp³-hybridized carbons (Fsp3) is 0.667. The molecule has 0 spiro atoms. The number of rotatable bonds is 4. The summed E-state index contributed by atoms with van der Waals surface area (Å²) in [5.41, 5.74) is 0.530. The summed E-state index contributed by atoms with van der Waals surface area (Å²) in [6.45, 7) is 14.5. The summed E-state index contributed by atoms with van der Waals surface area (Å²) >= 11 is 0. The van der Waals surface area contributed by atoms with Crippen LogP contribution in [0.5, 0.6) is 0 Å². The molecular weight excluding hydrogens is 332 g/mol. The molecule has 1 saturated heterocycles. The number of H-pyrrole nitrogens is 1. The van der Waals surface area contributed by atoms with Crippen LogP contribution in [0.1, 0.15) is 57.0 Å². The SMILES string of the molecule is Cc1cc(=O)[nH]c([C@@H](C)N2CCN(Cc3noc(C(C)(C)C)n3)CC2)n1. The van der Waals surface area contributed by atoms with Crippen LogP contribution in [0.3, 0.4) is 0 Å². The molecular formula is C18H28N6O2. The monoisotopic (exact) mass is 360 g/mol. The van der Waals surface area contributed by atoms with Gasteiger partial charge in [0.25, 0.3) is 5.56 Å². The van der Waals surface area contributed by atoms with Gasteiger partial charge in [-0.05, 0) is 13.8 Å². The molecule has 3 rings (SSSR count). The van der Waals surface area contributed by atoms with Crippen LogP contribution < -0.4 is 5.56 Å². The van der Waals surface area contributed by atoms with Gasteiger partial charge in [-0.2, -0.15) is 4.98 Å². The first-order chi connectivity index (χ1) is 12.2. The fourth-order valence-corrected chi connectivity index (χ4v) is 3.10. The van der Waals surface area contributed by atoms with E-state index in [9.17, 15) is 4.79 Å². The lowest BCUT2D eigenvalue weighted by Crippen LogP contribution is -2.47. The summed E-state index contributed by atoms with van der Waals surface area (Å²) in [7, 11) is 0. The molecule has 1 aliphatic rings. The van der Waals surface area contributed by atoms with Gasteiger partial charge >= 0.3 is 0 Å². The molecule has 2 aromatic rings. The molecule has 0 aliphatic carbocycles. The molecule has 0 amide bonds. The molecule has 1 fully saturated rings. The maximum atomic E-state index is 11.7. The van der Waals surface area contributed by atoms with E-state index in [2.05, 4.69) is 57.6 Å². The quantitative estimate of drug-likeness (QED) is 0.886. The van der Waals surface area contributed by atoms with Crippen LogP contribution in [0.15, 0.2) is 15.4 Å². The lowest BCUT2D eigenvalue weighted by molar-refractivity contribution is 0.0925. The van der Waals surface area contributed by atoms with Crippen molar-refractivity contribution in [1.82, 2.24) is 29.9 Å². The van der Waals surface area contributed by atoms with Crippen molar-refractivity contribution in [3.05, 3.63) is 39.7 Å². The highest BCUT2D eigenvalue weighted by molar-refractivity contribution is 5.04. The molecule has 1 atom stereocenters. The van der Waals surface area contributed by atoms with Gasteiger partial charge in [0.05, 0.1) is 12.6 Å². The van der Waals surface area contributed by atoms with Crippen molar-refractivity contribution in [2.24, 2.45) is 0 Å². The maximum Gasteiger partial charge on any atom is 0.251 e. The third-order valence-electron chi connectivity index (χ3n) is 4.71. The molecule has 0 aromatic carbocycles. The molecule has 3 heterocycles. The molecule has 0 radical (unpaired) electrons. The van der Waals surface area contributed by atoms with Gasteiger partial charge in [0.1, 0.15) is 5.82 Å². The van der Waals surface area contributed by atoms with Crippen molar-refractivity contribution in [2.75, 3.05) is 26.2 Å². The van der Waals surface area contributed by atoms with E-state index in [0.29, 0.717) is 12.4 Å². The molecule has 8 nitrogen and oxygen atoms in total. The van der Waals surface area contributed by atoms with E-state index in [0.717, 1.165) is 43.5 Å². The minimum atomic E-state index is -0.128. The summed E-state index contributed by atoms with van der Waals surface area (Å²) in [6.07, 6.45) is 0. The first kappa shape index (κ1) is 18.7. The maximum absolute atomic E-state index is 11.7. The van der Waals surface area contributed by atoms with E-state index in [1.807, 2.05) is 6.92 Å². The zero-order valence-corrected chi connectivity index (χ0v) is 16.2. The lowest BCUT2D eigenvalue weighted by Gasteiger charge is -2.37. The standard InChI is InChI=1S/C18H28N6O2/c1-12-10-15(25)21-16(19-12)13(2)24-8-6-23(7-9-24)11-14-20-17(26-22-14)18(3,4)5/h10,13H,6-9,11H2,1-5H3,(H,19,21,25)/t13-/m1/s1. The predicted molar refractivity (Wildman–Crippen MR) is 97.9 cm³/mol. The Morgan fingerprint density at radius 1 is 1.23 bits per heavy atom. The van der Waals surface area contributed by atoms with Crippen LogP contribution in [0.4, 0.5) is 0 Å². The summed E-state index contributed by atoms with van der Waals surface area (Å²) in [6, 6.07) is 1.60. The molecule has 142 valence electrons. The van der Waals surface area contributed by atoms with Gasteiger partial charge in [0, 0.05) is 43.4 Å². The van der Waals surface area contributed by atoms with E-state index in [4.69, 9.17) is 4.52 Å². The van der Waals surface area contributed by atoms with Crippen molar-refractivity contribution in [1.29, 1.82) is 0 Å². The third-order valence-corrected chi connectivity index (χ3v) is 4.71. The van der Waals surface area contributed by atoms with Crippen molar-refractivity contribution in [2.45, 2.75) is 52.6 Å². The summed E-state index contributed by atoms with van der Waals surface area (Å²) < 4.78 is 5.37. The molecule has 0 saturated carbocycles. The summed E-state index contributed by atoms with van der Waals surface area (Å²) in [5, 5.41) is 4.11. The third kappa shape index (κ3) is 4.37. The minimum Gasteiger partial charge on any atom is -0.339 e. The molecule has 0 unspecified atom stereocenters. The van der Waals surface area contributed by atoms with Gasteiger partial charge in [0.15, 0.2) is 5.82 Å². The first-order valence-corrected chi connectivity index (χ1v) is 9.10. The van der Waals surface area contributed by atoms with Gasteiger partial charge in [-0.1, -0.05) is 25.9 Å². The Morgan fingerprint density at radius 2 is 1.92 bits per heavy atom.